The molecule has 0 radical (unpaired) electrons. The summed E-state index contributed by atoms with van der Waals surface area (Å²) in [5.74, 6) is 0.977. The van der Waals surface area contributed by atoms with Crippen molar-refractivity contribution in [1.82, 2.24) is 15.1 Å². The molecule has 156 valence electrons. The van der Waals surface area contributed by atoms with Crippen molar-refractivity contribution < 1.29 is 9.21 Å². The molecule has 1 N–H and O–H groups in total. The van der Waals surface area contributed by atoms with Crippen molar-refractivity contribution in [2.75, 3.05) is 12.4 Å². The summed E-state index contributed by atoms with van der Waals surface area (Å²) in [5.41, 5.74) is 2.46. The van der Waals surface area contributed by atoms with Crippen LogP contribution < -0.4 is 5.32 Å². The molecule has 6 heteroatoms. The number of amides is 1. The van der Waals surface area contributed by atoms with Gasteiger partial charge in [-0.05, 0) is 44.0 Å². The van der Waals surface area contributed by atoms with E-state index < -0.39 is 5.54 Å². The van der Waals surface area contributed by atoms with E-state index in [4.69, 9.17) is 4.42 Å². The van der Waals surface area contributed by atoms with Crippen LogP contribution >= 0.6 is 0 Å². The Morgan fingerprint density at radius 1 is 1.03 bits per heavy atom. The van der Waals surface area contributed by atoms with E-state index in [-0.39, 0.29) is 12.5 Å². The molecule has 0 atom stereocenters. The summed E-state index contributed by atoms with van der Waals surface area (Å²) in [4.78, 5) is 15.2. The highest BCUT2D eigenvalue weighted by molar-refractivity contribution is 5.89. The van der Waals surface area contributed by atoms with Gasteiger partial charge in [-0.1, -0.05) is 55.2 Å². The Labute approximate surface area is 177 Å². The van der Waals surface area contributed by atoms with E-state index in [1.807, 2.05) is 49.5 Å². The molecule has 30 heavy (non-hydrogen) atoms. The van der Waals surface area contributed by atoms with Crippen molar-refractivity contribution in [3.8, 4) is 11.5 Å². The van der Waals surface area contributed by atoms with Crippen LogP contribution in [0.5, 0.6) is 0 Å². The summed E-state index contributed by atoms with van der Waals surface area (Å²) in [5, 5.41) is 11.8. The third-order valence-corrected chi connectivity index (χ3v) is 5.76. The van der Waals surface area contributed by atoms with Gasteiger partial charge in [0.05, 0.1) is 6.54 Å². The first kappa shape index (κ1) is 20.1. The minimum Gasteiger partial charge on any atom is -0.419 e. The van der Waals surface area contributed by atoms with Crippen LogP contribution in [0.25, 0.3) is 11.5 Å². The molecule has 1 aliphatic rings. The molecule has 1 saturated carbocycles. The number of rotatable bonds is 6. The molecule has 1 amide bonds. The van der Waals surface area contributed by atoms with Crippen molar-refractivity contribution in [2.24, 2.45) is 0 Å². The summed E-state index contributed by atoms with van der Waals surface area (Å²) in [6.45, 7) is 2.35. The highest BCUT2D eigenvalue weighted by Crippen LogP contribution is 2.34. The number of aromatic nitrogens is 2. The Kier molecular flexibility index (Phi) is 5.84. The van der Waals surface area contributed by atoms with Gasteiger partial charge in [-0.25, -0.2) is 0 Å². The highest BCUT2D eigenvalue weighted by atomic mass is 16.4. The summed E-state index contributed by atoms with van der Waals surface area (Å²) >= 11 is 0. The maximum atomic E-state index is 13.5. The molecular formula is C24H28N4O2. The molecule has 0 saturated heterocycles. The van der Waals surface area contributed by atoms with Gasteiger partial charge in [-0.3, -0.25) is 4.79 Å². The van der Waals surface area contributed by atoms with Crippen LogP contribution in [-0.2, 0) is 11.3 Å². The van der Waals surface area contributed by atoms with Crippen molar-refractivity contribution >= 4 is 11.6 Å². The Morgan fingerprint density at radius 3 is 2.43 bits per heavy atom. The predicted octanol–water partition coefficient (Wildman–Crippen LogP) is 4.82. The molecule has 0 aliphatic heterocycles. The average Bonchev–Trinajstić information content (AvgIpc) is 3.24. The molecule has 1 aromatic heterocycles. The van der Waals surface area contributed by atoms with Gasteiger partial charge >= 0.3 is 0 Å². The molecule has 1 aliphatic carbocycles. The number of nitrogens with zero attached hydrogens (tertiary/aromatic N) is 3. The summed E-state index contributed by atoms with van der Waals surface area (Å²) in [7, 11) is 1.81. The molecule has 0 spiro atoms. The molecule has 4 rings (SSSR count). The molecule has 2 aromatic carbocycles. The van der Waals surface area contributed by atoms with Gasteiger partial charge in [0, 0.05) is 18.3 Å². The zero-order valence-corrected chi connectivity index (χ0v) is 17.6. The van der Waals surface area contributed by atoms with E-state index in [0.29, 0.717) is 11.8 Å². The number of carbonyl (C=O) groups excluding carboxylic acids is 1. The third kappa shape index (κ3) is 4.37. The Balaban J connectivity index is 1.50. The molecule has 1 heterocycles. The van der Waals surface area contributed by atoms with E-state index in [1.165, 1.54) is 12.0 Å². The Hall–Kier alpha value is -3.15. The lowest BCUT2D eigenvalue weighted by molar-refractivity contribution is -0.136. The Morgan fingerprint density at radius 2 is 1.73 bits per heavy atom. The van der Waals surface area contributed by atoms with Gasteiger partial charge < -0.3 is 14.6 Å². The van der Waals surface area contributed by atoms with Crippen LogP contribution in [0.2, 0.25) is 0 Å². The minimum absolute atomic E-state index is 0.0715. The molecule has 6 nitrogen and oxygen atoms in total. The van der Waals surface area contributed by atoms with Gasteiger partial charge in [-0.2, -0.15) is 0 Å². The Bertz CT molecular complexity index is 976. The van der Waals surface area contributed by atoms with E-state index in [0.717, 1.165) is 36.9 Å². The van der Waals surface area contributed by atoms with Gasteiger partial charge in [0.25, 0.3) is 0 Å². The zero-order valence-electron chi connectivity index (χ0n) is 17.6. The summed E-state index contributed by atoms with van der Waals surface area (Å²) in [6, 6.07) is 17.9. The molecular weight excluding hydrogens is 376 g/mol. The number of nitrogens with one attached hydrogen (secondary N) is 1. The predicted molar refractivity (Wildman–Crippen MR) is 117 cm³/mol. The van der Waals surface area contributed by atoms with Crippen LogP contribution in [0.3, 0.4) is 0 Å². The quantitative estimate of drug-likeness (QED) is 0.638. The SMILES string of the molecule is Cc1ccc(NC2(C(=O)N(C)Cc3nnc(-c4ccccc4)o3)CCCCC2)cc1. The van der Waals surface area contributed by atoms with Crippen molar-refractivity contribution in [1.29, 1.82) is 0 Å². The first-order valence-corrected chi connectivity index (χ1v) is 10.5. The largest absolute Gasteiger partial charge is 0.419 e. The van der Waals surface area contributed by atoms with E-state index in [1.54, 1.807) is 4.90 Å². The highest BCUT2D eigenvalue weighted by Gasteiger charge is 2.41. The van der Waals surface area contributed by atoms with Crippen LogP contribution in [0, 0.1) is 6.92 Å². The molecule has 3 aromatic rings. The van der Waals surface area contributed by atoms with Crippen LogP contribution in [-0.4, -0.2) is 33.6 Å². The standard InChI is InChI=1S/C24H28N4O2/c1-18-11-13-20(14-12-18)25-24(15-7-4-8-16-24)23(29)28(2)17-21-26-27-22(30-21)19-9-5-3-6-10-19/h3,5-6,9-14,25H,4,7-8,15-17H2,1-2H3. The van der Waals surface area contributed by atoms with Crippen molar-refractivity contribution in [2.45, 2.75) is 51.1 Å². The first-order valence-electron chi connectivity index (χ1n) is 10.5. The molecule has 0 bridgehead atoms. The number of aryl methyl sites for hydroxylation is 1. The van der Waals surface area contributed by atoms with E-state index in [9.17, 15) is 4.79 Å². The normalized spacial score (nSPS) is 15.5. The lowest BCUT2D eigenvalue weighted by atomic mass is 9.80. The average molecular weight is 405 g/mol. The number of carbonyl (C=O) groups is 1. The second kappa shape index (κ2) is 8.69. The fourth-order valence-electron chi connectivity index (χ4n) is 4.12. The fraction of sp³-hybridized carbons (Fsp3) is 0.375. The third-order valence-electron chi connectivity index (χ3n) is 5.76. The second-order valence-electron chi connectivity index (χ2n) is 8.16. The fourth-order valence-corrected chi connectivity index (χ4v) is 4.12. The summed E-state index contributed by atoms with van der Waals surface area (Å²) in [6.07, 6.45) is 4.89. The minimum atomic E-state index is -0.593. The zero-order chi connectivity index (χ0) is 21.0. The first-order chi connectivity index (χ1) is 14.6. The van der Waals surface area contributed by atoms with Crippen molar-refractivity contribution in [3.63, 3.8) is 0 Å². The lowest BCUT2D eigenvalue weighted by Gasteiger charge is -2.40. The van der Waals surface area contributed by atoms with Gasteiger partial charge in [0.2, 0.25) is 17.7 Å². The monoisotopic (exact) mass is 404 g/mol. The van der Waals surface area contributed by atoms with Crippen molar-refractivity contribution in [3.05, 3.63) is 66.1 Å². The van der Waals surface area contributed by atoms with Crippen LogP contribution in [0.15, 0.2) is 59.0 Å². The summed E-state index contributed by atoms with van der Waals surface area (Å²) < 4.78 is 5.81. The van der Waals surface area contributed by atoms with Gasteiger partial charge in [0.1, 0.15) is 5.54 Å². The number of hydrogen-bond donors (Lipinski definition) is 1. The maximum Gasteiger partial charge on any atom is 0.248 e. The number of hydrogen-bond acceptors (Lipinski definition) is 5. The van der Waals surface area contributed by atoms with E-state index >= 15 is 0 Å². The molecule has 1 fully saturated rings. The van der Waals surface area contributed by atoms with Crippen LogP contribution in [0.1, 0.15) is 43.6 Å². The lowest BCUT2D eigenvalue weighted by Crippen LogP contribution is -2.54. The van der Waals surface area contributed by atoms with Gasteiger partial charge in [-0.15, -0.1) is 10.2 Å². The maximum absolute atomic E-state index is 13.5. The smallest absolute Gasteiger partial charge is 0.248 e. The molecule has 0 unspecified atom stereocenters. The van der Waals surface area contributed by atoms with Gasteiger partial charge in [0.15, 0.2) is 0 Å². The number of benzene rings is 2. The number of likely N-dealkylation sites (N-methyl/N-ethyl adjacent to an activating group) is 1. The topological polar surface area (TPSA) is 71.3 Å². The van der Waals surface area contributed by atoms with Crippen LogP contribution in [0.4, 0.5) is 5.69 Å². The number of anilines is 1. The van der Waals surface area contributed by atoms with E-state index in [2.05, 4.69) is 34.6 Å². The second-order valence-corrected chi connectivity index (χ2v) is 8.16.